The molecule has 3 saturated heterocycles. The minimum Gasteiger partial charge on any atom is -0.463 e. The molecule has 720 valence electrons. The van der Waals surface area contributed by atoms with Gasteiger partial charge in [-0.15, -0.1) is 0 Å². The van der Waals surface area contributed by atoms with Crippen molar-refractivity contribution < 1.29 is 167 Å². The van der Waals surface area contributed by atoms with Gasteiger partial charge >= 0.3 is 59.7 Å². The summed E-state index contributed by atoms with van der Waals surface area (Å²) >= 11 is 5.02. The van der Waals surface area contributed by atoms with E-state index in [2.05, 4.69) is 34.6 Å². The zero-order chi connectivity index (χ0) is 94.8. The highest BCUT2D eigenvalue weighted by atomic mass is 32.9. The summed E-state index contributed by atoms with van der Waals surface area (Å²) in [5.74, 6) is -10.7. The van der Waals surface area contributed by atoms with Gasteiger partial charge in [0, 0.05) is 181 Å². The van der Waals surface area contributed by atoms with Crippen LogP contribution in [0.15, 0.2) is 0 Å². The molecule has 7 unspecified atom stereocenters. The Hall–Kier alpha value is -9.04. The number of hydrogen-bond donors (Lipinski definition) is 5. The van der Waals surface area contributed by atoms with Crippen LogP contribution in [-0.2, 0) is 187 Å². The number of ether oxygens (including phenoxy) is 16. The molecular weight excluding hydrogens is 1740 g/mol. The molecule has 3 aliphatic heterocycles. The molecule has 7 amide bonds. The van der Waals surface area contributed by atoms with Crippen molar-refractivity contribution in [1.82, 2.24) is 36.4 Å². The smallest absolute Gasteiger partial charge is 0.306 e. The van der Waals surface area contributed by atoms with E-state index in [1.54, 1.807) is 16.7 Å². The SMILES string of the molecule is CCC(CNC(=O)CCCCC(=O)N(CCCNC(=O)CCCCO[C@@H]1OC(COC(C)=O)[C@H](OC(C)=O)[C@H](OC(C)=O)C1NC(C)=O)CCCN(CCCCC(=O)CCCCO[C@@H]1OC(COC(C)=O)[C@H](OC(C)=O)[C@H](OC(C)=O)C1NC(C)=O)C(=O)CCCCO[C@@H]1OC(COC(C)=O)[C@H](OC(C)=O)[C@H](OC(C)=O)C1NC(C)=O)OC(=O)CCC(=O)C[S-](=P)=S. The number of nitrogens with one attached hydrogen (secondary N) is 5. The van der Waals surface area contributed by atoms with Crippen LogP contribution < -0.4 is 26.6 Å². The first-order valence-electron chi connectivity index (χ1n) is 42.5. The van der Waals surface area contributed by atoms with Crippen LogP contribution in [0.2, 0.25) is 0 Å². The second-order valence-corrected chi connectivity index (χ2v) is 35.1. The molecular formula is C82H129N7O35PS2-. The van der Waals surface area contributed by atoms with Gasteiger partial charge in [-0.3, -0.25) is 106 Å². The molecule has 16 atom stereocenters. The molecule has 0 bridgehead atoms. The molecule has 3 rings (SSSR count). The Morgan fingerprint density at radius 3 is 1.05 bits per heavy atom. The first kappa shape index (κ1) is 112. The molecule has 3 aliphatic rings. The van der Waals surface area contributed by atoms with Crippen molar-refractivity contribution in [3.8, 4) is 0 Å². The minimum atomic E-state index is -1.39. The predicted octanol–water partition coefficient (Wildman–Crippen LogP) is 2.29. The van der Waals surface area contributed by atoms with Gasteiger partial charge in [0.1, 0.15) is 73.9 Å². The van der Waals surface area contributed by atoms with Gasteiger partial charge in [-0.2, -0.15) is 0 Å². The lowest BCUT2D eigenvalue weighted by Gasteiger charge is -2.44. The van der Waals surface area contributed by atoms with Gasteiger partial charge in [0.25, 0.3) is 0 Å². The van der Waals surface area contributed by atoms with Gasteiger partial charge in [-0.25, -0.2) is 0 Å². The van der Waals surface area contributed by atoms with Crippen molar-refractivity contribution in [1.29, 1.82) is 0 Å². The average Bonchev–Trinajstić information content (AvgIpc) is 0.796. The predicted molar refractivity (Wildman–Crippen MR) is 449 cm³/mol. The normalized spacial score (nSPS) is 22.0. The van der Waals surface area contributed by atoms with Crippen LogP contribution in [0.4, 0.5) is 0 Å². The second kappa shape index (κ2) is 61.5. The summed E-state index contributed by atoms with van der Waals surface area (Å²) in [6, 6.07) is -3.66. The number of hydrogen-bond acceptors (Lipinski definition) is 37. The van der Waals surface area contributed by atoms with E-state index in [1.165, 1.54) is 20.8 Å². The molecule has 45 heteroatoms. The summed E-state index contributed by atoms with van der Waals surface area (Å²) in [6.45, 7) is 14.5. The van der Waals surface area contributed by atoms with E-state index >= 15 is 0 Å². The zero-order valence-corrected chi connectivity index (χ0v) is 77.4. The third kappa shape index (κ3) is 47.2. The van der Waals surface area contributed by atoms with Crippen molar-refractivity contribution in [2.75, 3.05) is 84.7 Å². The lowest BCUT2D eigenvalue weighted by molar-refractivity contribution is -0.277. The Bertz CT molecular complexity index is 3740. The first-order valence-corrected chi connectivity index (χ1v) is 46.1. The number of ketones is 2. The zero-order valence-electron chi connectivity index (χ0n) is 74.8. The van der Waals surface area contributed by atoms with Crippen LogP contribution in [-0.4, -0.2) is 305 Å². The number of unbranched alkanes of at least 4 members (excludes halogenated alkanes) is 5. The summed E-state index contributed by atoms with van der Waals surface area (Å²) in [6.07, 6.45) is -12.7. The van der Waals surface area contributed by atoms with Crippen molar-refractivity contribution in [2.45, 2.75) is 323 Å². The van der Waals surface area contributed by atoms with E-state index in [-0.39, 0.29) is 203 Å². The van der Waals surface area contributed by atoms with Gasteiger partial charge in [0.15, 0.2) is 55.5 Å². The molecule has 0 radical (unpaired) electrons. The maximum atomic E-state index is 14.5. The Morgan fingerprint density at radius 2 is 0.693 bits per heavy atom. The largest absolute Gasteiger partial charge is 0.463 e. The van der Waals surface area contributed by atoms with Crippen LogP contribution in [0.5, 0.6) is 0 Å². The molecule has 0 aromatic carbocycles. The summed E-state index contributed by atoms with van der Waals surface area (Å²) in [4.78, 5) is 244. The topological polar surface area (TPSA) is 539 Å². The third-order valence-electron chi connectivity index (χ3n) is 19.3. The van der Waals surface area contributed by atoms with Crippen molar-refractivity contribution in [2.24, 2.45) is 0 Å². The highest BCUT2D eigenvalue weighted by molar-refractivity contribution is 8.39. The highest BCUT2D eigenvalue weighted by Crippen LogP contribution is 2.32. The second-order valence-electron chi connectivity index (χ2n) is 30.5. The fraction of sp³-hybridized carbons (Fsp3) is 0.768. The molecule has 3 fully saturated rings. The fourth-order valence-corrected chi connectivity index (χ4v) is 15.1. The quantitative estimate of drug-likeness (QED) is 0.0192. The number of carbonyl (C=O) groups excluding carboxylic acids is 19. The number of nitrogens with zero attached hydrogens (tertiary/aromatic N) is 2. The molecule has 0 aliphatic carbocycles. The van der Waals surface area contributed by atoms with E-state index in [1.807, 2.05) is 0 Å². The molecule has 0 spiro atoms. The standard InChI is InChI=1S/C82H129N7O35PS2/c1-14-62(121-70(108)34-33-61(103)47-127(125)126)43-84-67(105)29-15-16-31-68(106)89(37-25-35-83-66(104)30-19-23-41-110-81-72(86-49(3)91)78(119-58(12)100)75(116-55(9)97)64(123-81)45-113-52(6)94)39-26-38-88(69(107)32-20-24-42-111-82-73(87-50(4)92)79(120-59(13)101)76(117-56(10)98)65(124-82)46-114-53(7)95)36-21-17-27-60(102)28-18-22-40-109-80-71(85-48(2)90)77(118-57(11)99)74(115-54(8)96)63(122-80)44-112-51(5)93/h62-65,71-82,125H,14-47H2,1-13H3,(H,83,104)(H,84,105)(H,85,90)(H,86,91)(H,87,92)/q-1/t62?,63?,64?,65?,71?,72?,73?,74-,75-,76-,77+,78+,79+,80+,81+,82+/m0/s1. The molecule has 5 N–H and O–H groups in total. The average molecular weight is 1870 g/mol. The van der Waals surface area contributed by atoms with Gasteiger partial charge in [-0.05, 0) is 83.5 Å². The maximum absolute atomic E-state index is 14.5. The maximum Gasteiger partial charge on any atom is 0.306 e. The summed E-state index contributed by atoms with van der Waals surface area (Å²) < 4.78 is 90.7. The molecule has 0 aromatic heterocycles. The van der Waals surface area contributed by atoms with Crippen molar-refractivity contribution in [3.63, 3.8) is 0 Å². The fourth-order valence-electron chi connectivity index (χ4n) is 13.8. The van der Waals surface area contributed by atoms with E-state index in [4.69, 9.17) is 87.0 Å². The van der Waals surface area contributed by atoms with E-state index < -0.39 is 204 Å². The molecule has 0 aromatic rings. The Kier molecular flexibility index (Phi) is 54.3. The number of rotatable bonds is 60. The molecule has 3 heterocycles. The van der Waals surface area contributed by atoms with E-state index in [9.17, 15) is 91.1 Å². The molecule has 42 nitrogen and oxygen atoms in total. The van der Waals surface area contributed by atoms with Crippen molar-refractivity contribution >= 4 is 140 Å². The molecule has 127 heavy (non-hydrogen) atoms. The van der Waals surface area contributed by atoms with Crippen LogP contribution in [0.1, 0.15) is 225 Å². The Balaban J connectivity index is 1.86. The first-order chi connectivity index (χ1) is 60.1. The summed E-state index contributed by atoms with van der Waals surface area (Å²) in [7, 11) is 2.50. The van der Waals surface area contributed by atoms with Gasteiger partial charge in [0.2, 0.25) is 41.4 Å². The van der Waals surface area contributed by atoms with Crippen LogP contribution in [0, 0.1) is 0 Å². The monoisotopic (exact) mass is 1870 g/mol. The summed E-state index contributed by atoms with van der Waals surface area (Å²) in [5.41, 5.74) is 0. The third-order valence-corrected chi connectivity index (χ3v) is 20.7. The molecule has 0 saturated carbocycles. The van der Waals surface area contributed by atoms with Crippen molar-refractivity contribution in [3.05, 3.63) is 0 Å². The number of carbonyl (C=O) groups is 19. The number of amides is 7. The van der Waals surface area contributed by atoms with Gasteiger partial charge < -0.3 is 126 Å². The Labute approximate surface area is 747 Å². The van der Waals surface area contributed by atoms with E-state index in [0.717, 1.165) is 62.3 Å². The van der Waals surface area contributed by atoms with Crippen LogP contribution in [0.3, 0.4) is 0 Å². The Morgan fingerprint density at radius 1 is 0.370 bits per heavy atom. The van der Waals surface area contributed by atoms with Gasteiger partial charge in [-0.1, -0.05) is 12.7 Å². The van der Waals surface area contributed by atoms with Gasteiger partial charge in [0.05, 0.1) is 13.0 Å². The lowest BCUT2D eigenvalue weighted by atomic mass is 9.96. The minimum absolute atomic E-state index is 0.00301. The van der Waals surface area contributed by atoms with E-state index in [0.29, 0.717) is 32.1 Å². The number of esters is 10. The summed E-state index contributed by atoms with van der Waals surface area (Å²) in [5, 5.41) is 13.5. The van der Waals surface area contributed by atoms with Crippen LogP contribution in [0.25, 0.3) is 0 Å². The highest BCUT2D eigenvalue weighted by Gasteiger charge is 2.54. The van der Waals surface area contributed by atoms with Crippen LogP contribution >= 0.6 is 8.02 Å². The lowest BCUT2D eigenvalue weighted by Crippen LogP contribution is -2.66. The number of Topliss-reactive ketones (excluding diaryl/α,β-unsaturated/α-hetero) is 2.